The van der Waals surface area contributed by atoms with E-state index in [0.717, 1.165) is 31.1 Å². The lowest BCUT2D eigenvalue weighted by Gasteiger charge is -2.21. The van der Waals surface area contributed by atoms with Crippen molar-refractivity contribution in [2.45, 2.75) is 32.1 Å². The number of likely N-dealkylation sites (tertiary alicyclic amines) is 1. The van der Waals surface area contributed by atoms with Gasteiger partial charge < -0.3 is 10.6 Å². The Bertz CT molecular complexity index is 423. The Kier molecular flexibility index (Phi) is 5.52. The summed E-state index contributed by atoms with van der Waals surface area (Å²) in [7, 11) is 0. The highest BCUT2D eigenvalue weighted by Crippen LogP contribution is 2.11. The van der Waals surface area contributed by atoms with Gasteiger partial charge in [0.1, 0.15) is 0 Å². The lowest BCUT2D eigenvalue weighted by atomic mass is 10.1. The first kappa shape index (κ1) is 14.2. The van der Waals surface area contributed by atoms with Crippen molar-refractivity contribution >= 4 is 17.6 Å². The summed E-state index contributed by atoms with van der Waals surface area (Å²) in [6.45, 7) is 2.82. The van der Waals surface area contributed by atoms with Gasteiger partial charge in [-0.15, -0.1) is 0 Å². The largest absolute Gasteiger partial charge is 0.370 e. The van der Waals surface area contributed by atoms with Crippen molar-refractivity contribution in [1.82, 2.24) is 4.90 Å². The van der Waals surface area contributed by atoms with Crippen LogP contribution in [0.15, 0.2) is 29.3 Å². The van der Waals surface area contributed by atoms with E-state index in [9.17, 15) is 0 Å². The predicted molar refractivity (Wildman–Crippen MR) is 81.7 cm³/mol. The molecule has 0 atom stereocenters. The average molecular weight is 280 g/mol. The Labute approximate surface area is 120 Å². The summed E-state index contributed by atoms with van der Waals surface area (Å²) in [5, 5.41) is 0.780. The van der Waals surface area contributed by atoms with E-state index in [4.69, 9.17) is 17.3 Å². The molecule has 0 amide bonds. The number of guanidine groups is 1. The van der Waals surface area contributed by atoms with Crippen molar-refractivity contribution in [2.75, 3.05) is 19.6 Å². The Morgan fingerprint density at radius 1 is 1.21 bits per heavy atom. The number of aliphatic imine (C=N–C) groups is 1. The topological polar surface area (TPSA) is 41.6 Å². The van der Waals surface area contributed by atoms with E-state index in [1.54, 1.807) is 0 Å². The molecule has 1 saturated heterocycles. The van der Waals surface area contributed by atoms with Crippen molar-refractivity contribution in [3.8, 4) is 0 Å². The number of halogens is 1. The maximum absolute atomic E-state index is 6.06. The van der Waals surface area contributed by atoms with Crippen LogP contribution in [0.1, 0.15) is 31.2 Å². The second-order valence-electron chi connectivity index (χ2n) is 5.02. The highest BCUT2D eigenvalue weighted by atomic mass is 35.5. The first-order valence-corrected chi connectivity index (χ1v) is 7.43. The maximum atomic E-state index is 6.06. The number of nitrogens with two attached hydrogens (primary N) is 1. The van der Waals surface area contributed by atoms with Gasteiger partial charge in [-0.2, -0.15) is 0 Å². The van der Waals surface area contributed by atoms with Crippen molar-refractivity contribution in [1.29, 1.82) is 0 Å². The minimum atomic E-state index is 0.698. The molecule has 0 saturated carbocycles. The molecule has 0 spiro atoms. The molecule has 1 aromatic carbocycles. The van der Waals surface area contributed by atoms with Crippen LogP contribution in [0.4, 0.5) is 0 Å². The minimum Gasteiger partial charge on any atom is -0.370 e. The molecule has 0 unspecified atom stereocenters. The van der Waals surface area contributed by atoms with E-state index in [2.05, 4.69) is 16.0 Å². The molecule has 19 heavy (non-hydrogen) atoms. The van der Waals surface area contributed by atoms with Crippen LogP contribution in [0.2, 0.25) is 5.02 Å². The van der Waals surface area contributed by atoms with Gasteiger partial charge in [-0.25, -0.2) is 0 Å². The molecule has 0 aromatic heterocycles. The summed E-state index contributed by atoms with van der Waals surface area (Å²) in [4.78, 5) is 6.70. The van der Waals surface area contributed by atoms with Crippen LogP contribution >= 0.6 is 11.6 Å². The van der Waals surface area contributed by atoms with Gasteiger partial charge in [0.2, 0.25) is 0 Å². The summed E-state index contributed by atoms with van der Waals surface area (Å²) in [6.07, 6.45) is 5.96. The molecule has 2 rings (SSSR count). The maximum Gasteiger partial charge on any atom is 0.191 e. The van der Waals surface area contributed by atoms with Crippen LogP contribution in [-0.4, -0.2) is 30.5 Å². The van der Waals surface area contributed by atoms with Crippen molar-refractivity contribution in [3.63, 3.8) is 0 Å². The first-order chi connectivity index (χ1) is 9.25. The van der Waals surface area contributed by atoms with Gasteiger partial charge in [0.05, 0.1) is 0 Å². The zero-order valence-corrected chi connectivity index (χ0v) is 12.1. The number of benzene rings is 1. The van der Waals surface area contributed by atoms with Crippen LogP contribution in [0.3, 0.4) is 0 Å². The van der Waals surface area contributed by atoms with Gasteiger partial charge >= 0.3 is 0 Å². The standard InChI is InChI=1S/C15H22ClN3/c16-14-7-5-6-13(12-14)8-9-18-15(17)19-10-3-1-2-4-11-19/h5-7,12H,1-4,8-11H2,(H2,17,18). The molecule has 1 aliphatic rings. The Morgan fingerprint density at radius 3 is 2.63 bits per heavy atom. The molecular weight excluding hydrogens is 258 g/mol. The molecule has 1 aliphatic heterocycles. The van der Waals surface area contributed by atoms with Gasteiger partial charge in [0.15, 0.2) is 5.96 Å². The van der Waals surface area contributed by atoms with Crippen LogP contribution < -0.4 is 5.73 Å². The summed E-state index contributed by atoms with van der Waals surface area (Å²) in [6, 6.07) is 7.92. The van der Waals surface area contributed by atoms with Gasteiger partial charge in [-0.1, -0.05) is 36.6 Å². The van der Waals surface area contributed by atoms with Crippen LogP contribution in [0, 0.1) is 0 Å². The third kappa shape index (κ3) is 4.75. The molecule has 1 heterocycles. The Hall–Kier alpha value is -1.22. The summed E-state index contributed by atoms with van der Waals surface area (Å²) >= 11 is 5.96. The zero-order chi connectivity index (χ0) is 13.5. The van der Waals surface area contributed by atoms with E-state index >= 15 is 0 Å². The van der Waals surface area contributed by atoms with Gasteiger partial charge in [-0.3, -0.25) is 4.99 Å². The summed E-state index contributed by atoms with van der Waals surface area (Å²) in [5.41, 5.74) is 7.27. The first-order valence-electron chi connectivity index (χ1n) is 7.05. The van der Waals surface area contributed by atoms with E-state index in [-0.39, 0.29) is 0 Å². The third-order valence-electron chi connectivity index (χ3n) is 3.49. The number of hydrogen-bond donors (Lipinski definition) is 1. The van der Waals surface area contributed by atoms with E-state index in [0.29, 0.717) is 5.96 Å². The van der Waals surface area contributed by atoms with E-state index < -0.39 is 0 Å². The molecule has 0 bridgehead atoms. The molecule has 104 valence electrons. The molecule has 0 aliphatic carbocycles. The van der Waals surface area contributed by atoms with E-state index in [1.165, 1.54) is 31.2 Å². The van der Waals surface area contributed by atoms with Gasteiger partial charge in [0.25, 0.3) is 0 Å². The minimum absolute atomic E-state index is 0.698. The van der Waals surface area contributed by atoms with Crippen molar-refractivity contribution in [2.24, 2.45) is 10.7 Å². The predicted octanol–water partition coefficient (Wildman–Crippen LogP) is 3.07. The average Bonchev–Trinajstić information content (AvgIpc) is 2.67. The summed E-state index contributed by atoms with van der Waals surface area (Å²) in [5.74, 6) is 0.698. The fourth-order valence-electron chi connectivity index (χ4n) is 2.39. The fraction of sp³-hybridized carbons (Fsp3) is 0.533. The fourth-order valence-corrected chi connectivity index (χ4v) is 2.60. The Morgan fingerprint density at radius 2 is 1.95 bits per heavy atom. The molecule has 1 aromatic rings. The normalized spacial score (nSPS) is 17.3. The monoisotopic (exact) mass is 279 g/mol. The van der Waals surface area contributed by atoms with E-state index in [1.807, 2.05) is 18.2 Å². The van der Waals surface area contributed by atoms with Crippen LogP contribution in [0.25, 0.3) is 0 Å². The zero-order valence-electron chi connectivity index (χ0n) is 11.3. The summed E-state index contributed by atoms with van der Waals surface area (Å²) < 4.78 is 0. The number of rotatable bonds is 3. The van der Waals surface area contributed by atoms with Crippen molar-refractivity contribution in [3.05, 3.63) is 34.9 Å². The van der Waals surface area contributed by atoms with Crippen LogP contribution in [-0.2, 0) is 6.42 Å². The molecule has 3 nitrogen and oxygen atoms in total. The smallest absolute Gasteiger partial charge is 0.191 e. The van der Waals surface area contributed by atoms with Gasteiger partial charge in [0, 0.05) is 24.7 Å². The molecule has 4 heteroatoms. The lowest BCUT2D eigenvalue weighted by molar-refractivity contribution is 0.428. The SMILES string of the molecule is NC(=NCCc1cccc(Cl)c1)N1CCCCCC1. The van der Waals surface area contributed by atoms with Gasteiger partial charge in [-0.05, 0) is 37.0 Å². The highest BCUT2D eigenvalue weighted by Gasteiger charge is 2.10. The number of hydrogen-bond acceptors (Lipinski definition) is 1. The van der Waals surface area contributed by atoms with Crippen LogP contribution in [0.5, 0.6) is 0 Å². The molecule has 1 fully saturated rings. The highest BCUT2D eigenvalue weighted by molar-refractivity contribution is 6.30. The second-order valence-corrected chi connectivity index (χ2v) is 5.46. The number of nitrogens with zero attached hydrogens (tertiary/aromatic N) is 2. The Balaban J connectivity index is 1.83. The lowest BCUT2D eigenvalue weighted by Crippen LogP contribution is -2.38. The molecule has 2 N–H and O–H groups in total. The molecule has 0 radical (unpaired) electrons. The quantitative estimate of drug-likeness (QED) is 0.682. The third-order valence-corrected chi connectivity index (χ3v) is 3.73. The van der Waals surface area contributed by atoms with Crippen molar-refractivity contribution < 1.29 is 0 Å². The second kappa shape index (κ2) is 7.39. The molecular formula is C15H22ClN3.